The van der Waals surface area contributed by atoms with E-state index in [0.29, 0.717) is 0 Å². The van der Waals surface area contributed by atoms with Crippen molar-refractivity contribution >= 4 is 5.57 Å². The first-order chi connectivity index (χ1) is 6.88. The van der Waals surface area contributed by atoms with Crippen molar-refractivity contribution < 1.29 is 0 Å². The summed E-state index contributed by atoms with van der Waals surface area (Å²) < 4.78 is 0. The molecule has 0 atom stereocenters. The van der Waals surface area contributed by atoms with Gasteiger partial charge in [0.25, 0.3) is 0 Å². The molecule has 2 heterocycles. The van der Waals surface area contributed by atoms with Gasteiger partial charge < -0.3 is 0 Å². The topological polar surface area (TPSA) is 25.2 Å². The molecule has 0 aromatic carbocycles. The molecule has 0 spiro atoms. The van der Waals surface area contributed by atoms with Gasteiger partial charge in [-0.3, -0.25) is 0 Å². The van der Waals surface area contributed by atoms with Crippen molar-refractivity contribution in [2.24, 2.45) is 4.99 Å². The van der Waals surface area contributed by atoms with E-state index in [9.17, 15) is 0 Å². The molecule has 0 bridgehead atoms. The summed E-state index contributed by atoms with van der Waals surface area (Å²) in [6, 6.07) is 4.07. The van der Waals surface area contributed by atoms with Crippen LogP contribution in [0.1, 0.15) is 26.2 Å². The van der Waals surface area contributed by atoms with E-state index < -0.39 is 0 Å². The molecule has 1 aliphatic rings. The van der Waals surface area contributed by atoms with E-state index in [-0.39, 0.29) is 0 Å². The highest BCUT2D eigenvalue weighted by Gasteiger charge is 1.96. The Labute approximate surface area is 83.7 Å². The van der Waals surface area contributed by atoms with Crippen molar-refractivity contribution in [2.75, 3.05) is 0 Å². The lowest BCUT2D eigenvalue weighted by molar-refractivity contribution is 0.872. The molecule has 2 nitrogen and oxygen atoms in total. The average molecular weight is 186 g/mol. The minimum atomic E-state index is 0.850. The van der Waals surface area contributed by atoms with Gasteiger partial charge in [0.1, 0.15) is 0 Å². The van der Waals surface area contributed by atoms with Crippen LogP contribution in [-0.2, 0) is 0 Å². The monoisotopic (exact) mass is 186 g/mol. The Morgan fingerprint density at radius 1 is 1.36 bits per heavy atom. The molecule has 1 aliphatic heterocycles. The summed E-state index contributed by atoms with van der Waals surface area (Å²) in [5.74, 6) is 0. The second-order valence-electron chi connectivity index (χ2n) is 3.56. The number of nitrogens with zero attached hydrogens (tertiary/aromatic N) is 2. The SMILES string of the molecule is C\C1=c2/cccn/c2=N\C=C/CCC1. The summed E-state index contributed by atoms with van der Waals surface area (Å²) in [6.45, 7) is 2.17. The quantitative estimate of drug-likeness (QED) is 0.603. The molecule has 0 unspecified atom stereocenters. The van der Waals surface area contributed by atoms with Crippen LogP contribution in [0.2, 0.25) is 0 Å². The smallest absolute Gasteiger partial charge is 0.159 e. The molecule has 0 radical (unpaired) electrons. The van der Waals surface area contributed by atoms with Crippen LogP contribution in [0.4, 0.5) is 0 Å². The second-order valence-corrected chi connectivity index (χ2v) is 3.56. The van der Waals surface area contributed by atoms with Crippen LogP contribution in [-0.4, -0.2) is 4.98 Å². The highest BCUT2D eigenvalue weighted by molar-refractivity contribution is 5.40. The minimum absolute atomic E-state index is 0.850. The van der Waals surface area contributed by atoms with Gasteiger partial charge in [0.05, 0.1) is 0 Å². The van der Waals surface area contributed by atoms with Crippen LogP contribution in [0.15, 0.2) is 35.6 Å². The zero-order valence-electron chi connectivity index (χ0n) is 8.40. The fourth-order valence-corrected chi connectivity index (χ4v) is 1.65. The maximum Gasteiger partial charge on any atom is 0.159 e. The standard InChI is InChI=1S/C12H14N2/c1-10-6-3-2-4-8-13-12-11(10)7-5-9-14-12/h4-5,7-9H,2-3,6H2,1H3/b8-4-,11-10-,13-12-. The molecule has 0 N–H and O–H groups in total. The summed E-state index contributed by atoms with van der Waals surface area (Å²) >= 11 is 0. The van der Waals surface area contributed by atoms with Crippen molar-refractivity contribution in [1.82, 2.24) is 4.98 Å². The van der Waals surface area contributed by atoms with E-state index in [1.165, 1.54) is 17.2 Å². The van der Waals surface area contributed by atoms with E-state index in [1.807, 2.05) is 12.3 Å². The molecule has 0 amide bonds. The molecule has 1 aromatic rings. The fraction of sp³-hybridized carbons (Fsp3) is 0.333. The van der Waals surface area contributed by atoms with E-state index in [0.717, 1.165) is 18.3 Å². The number of fused-ring (bicyclic) bond motifs is 1. The van der Waals surface area contributed by atoms with Crippen LogP contribution in [0.25, 0.3) is 5.57 Å². The summed E-state index contributed by atoms with van der Waals surface area (Å²) in [4.78, 5) is 8.62. The highest BCUT2D eigenvalue weighted by Crippen LogP contribution is 2.06. The van der Waals surface area contributed by atoms with Crippen molar-refractivity contribution in [2.45, 2.75) is 26.2 Å². The zero-order chi connectivity index (χ0) is 9.80. The van der Waals surface area contributed by atoms with Gasteiger partial charge in [0.2, 0.25) is 0 Å². The summed E-state index contributed by atoms with van der Waals surface area (Å²) in [7, 11) is 0. The lowest BCUT2D eigenvalue weighted by Gasteiger charge is -1.97. The van der Waals surface area contributed by atoms with Crippen molar-refractivity contribution in [3.05, 3.63) is 41.3 Å². The Bertz CT molecular complexity index is 457. The van der Waals surface area contributed by atoms with E-state index >= 15 is 0 Å². The summed E-state index contributed by atoms with van der Waals surface area (Å²) in [6.07, 6.45) is 9.21. The Hall–Kier alpha value is -1.44. The van der Waals surface area contributed by atoms with Crippen molar-refractivity contribution in [3.63, 3.8) is 0 Å². The number of aromatic nitrogens is 1. The molecule has 14 heavy (non-hydrogen) atoms. The van der Waals surface area contributed by atoms with Gasteiger partial charge in [-0.15, -0.1) is 0 Å². The Morgan fingerprint density at radius 3 is 3.21 bits per heavy atom. The average Bonchev–Trinajstić information content (AvgIpc) is 2.30. The van der Waals surface area contributed by atoms with Gasteiger partial charge in [0, 0.05) is 17.6 Å². The third-order valence-electron chi connectivity index (χ3n) is 2.47. The van der Waals surface area contributed by atoms with E-state index in [2.05, 4.69) is 29.0 Å². The lowest BCUT2D eigenvalue weighted by Crippen LogP contribution is -2.29. The van der Waals surface area contributed by atoms with Gasteiger partial charge >= 0.3 is 0 Å². The summed E-state index contributed by atoms with van der Waals surface area (Å²) in [5.41, 5.74) is 2.24. The first kappa shape index (κ1) is 9.13. The molecule has 0 saturated heterocycles. The molecule has 2 rings (SSSR count). The van der Waals surface area contributed by atoms with Crippen LogP contribution in [0, 0.1) is 0 Å². The van der Waals surface area contributed by atoms with Gasteiger partial charge in [-0.2, -0.15) is 0 Å². The van der Waals surface area contributed by atoms with E-state index in [4.69, 9.17) is 0 Å². The van der Waals surface area contributed by atoms with Crippen LogP contribution in [0.3, 0.4) is 0 Å². The maximum absolute atomic E-state index is 4.34. The van der Waals surface area contributed by atoms with Gasteiger partial charge in [-0.25, -0.2) is 9.98 Å². The molecular weight excluding hydrogens is 172 g/mol. The first-order valence-electron chi connectivity index (χ1n) is 5.01. The molecule has 0 fully saturated rings. The number of hydrogen-bond donors (Lipinski definition) is 0. The molecule has 72 valence electrons. The van der Waals surface area contributed by atoms with Gasteiger partial charge in [-0.1, -0.05) is 11.6 Å². The van der Waals surface area contributed by atoms with Crippen LogP contribution >= 0.6 is 0 Å². The third kappa shape index (κ3) is 1.90. The molecular formula is C12H14N2. The highest BCUT2D eigenvalue weighted by atomic mass is 14.8. The number of allylic oxidation sites excluding steroid dienone is 1. The largest absolute Gasteiger partial charge is 0.237 e. The van der Waals surface area contributed by atoms with E-state index in [1.54, 1.807) is 6.20 Å². The number of rotatable bonds is 0. The zero-order valence-corrected chi connectivity index (χ0v) is 8.40. The predicted molar refractivity (Wildman–Crippen MR) is 57.1 cm³/mol. The molecule has 0 aliphatic carbocycles. The molecule has 0 saturated carbocycles. The number of hydrogen-bond acceptors (Lipinski definition) is 2. The van der Waals surface area contributed by atoms with Crippen LogP contribution < -0.4 is 10.7 Å². The Kier molecular flexibility index (Phi) is 2.73. The first-order valence-corrected chi connectivity index (χ1v) is 5.01. The number of pyridine rings is 1. The predicted octanol–water partition coefficient (Wildman–Crippen LogP) is 1.57. The molecule has 2 heteroatoms. The molecule has 1 aromatic heterocycles. The minimum Gasteiger partial charge on any atom is -0.237 e. The second kappa shape index (κ2) is 4.18. The Balaban J connectivity index is 2.71. The van der Waals surface area contributed by atoms with Crippen LogP contribution in [0.5, 0.6) is 0 Å². The summed E-state index contributed by atoms with van der Waals surface area (Å²) in [5, 5.41) is 1.19. The lowest BCUT2D eigenvalue weighted by atomic mass is 10.1. The third-order valence-corrected chi connectivity index (χ3v) is 2.47. The Morgan fingerprint density at radius 2 is 2.29 bits per heavy atom. The van der Waals surface area contributed by atoms with Gasteiger partial charge in [0.15, 0.2) is 5.49 Å². The van der Waals surface area contributed by atoms with Crippen molar-refractivity contribution in [3.8, 4) is 0 Å². The maximum atomic E-state index is 4.34. The fourth-order valence-electron chi connectivity index (χ4n) is 1.65. The van der Waals surface area contributed by atoms with Gasteiger partial charge in [-0.05, 0) is 38.3 Å². The normalized spacial score (nSPS) is 24.8. The van der Waals surface area contributed by atoms with Crippen molar-refractivity contribution in [1.29, 1.82) is 0 Å².